The van der Waals surface area contributed by atoms with Crippen LogP contribution in [0.1, 0.15) is 43.7 Å². The molecule has 2 aliphatic rings. The molecule has 1 unspecified atom stereocenters. The minimum absolute atomic E-state index is 0.250. The van der Waals surface area contributed by atoms with Gasteiger partial charge >= 0.3 is 0 Å². The summed E-state index contributed by atoms with van der Waals surface area (Å²) in [4.78, 5) is 10.8. The van der Waals surface area contributed by atoms with Gasteiger partial charge in [-0.2, -0.15) is 0 Å². The number of benzene rings is 2. The fourth-order valence-corrected chi connectivity index (χ4v) is 4.16. The zero-order valence-electron chi connectivity index (χ0n) is 16.5. The van der Waals surface area contributed by atoms with Crippen molar-refractivity contribution in [3.05, 3.63) is 58.4 Å². The second kappa shape index (κ2) is 9.01. The highest BCUT2D eigenvalue weighted by Crippen LogP contribution is 2.49. The van der Waals surface area contributed by atoms with Crippen molar-refractivity contribution >= 4 is 18.1 Å². The third-order valence-corrected chi connectivity index (χ3v) is 5.74. The molecule has 0 aliphatic carbocycles. The Morgan fingerprint density at radius 2 is 1.97 bits per heavy atom. The number of rotatable bonds is 3. The number of para-hydroxylation sites is 1. The number of carboxylic acid groups (broad SMARTS) is 1. The SMILES string of the molecule is CCN1CCC(c2cccc3c2OC(C)(c2ccc(Cl)cc2F)O3)CC1.O=CO. The van der Waals surface area contributed by atoms with Crippen LogP contribution in [0.2, 0.25) is 5.02 Å². The second-order valence-electron chi connectivity index (χ2n) is 7.26. The van der Waals surface area contributed by atoms with Gasteiger partial charge in [0.25, 0.3) is 12.3 Å². The number of nitrogens with zero attached hydrogens (tertiary/aromatic N) is 1. The molecule has 2 heterocycles. The second-order valence-corrected chi connectivity index (χ2v) is 7.70. The first kappa shape index (κ1) is 21.4. The molecule has 0 aromatic heterocycles. The lowest BCUT2D eigenvalue weighted by molar-refractivity contribution is -0.122. The van der Waals surface area contributed by atoms with Gasteiger partial charge in [-0.05, 0) is 62.7 Å². The van der Waals surface area contributed by atoms with Crippen molar-refractivity contribution in [3.63, 3.8) is 0 Å². The summed E-state index contributed by atoms with van der Waals surface area (Å²) in [5, 5.41) is 7.24. The van der Waals surface area contributed by atoms with E-state index in [0.717, 1.165) is 43.8 Å². The lowest BCUT2D eigenvalue weighted by Gasteiger charge is -2.31. The molecule has 1 N–H and O–H groups in total. The Labute approximate surface area is 175 Å². The number of carbonyl (C=O) groups is 1. The highest BCUT2D eigenvalue weighted by Gasteiger charge is 2.42. The van der Waals surface area contributed by atoms with Crippen molar-refractivity contribution in [3.8, 4) is 11.5 Å². The third-order valence-electron chi connectivity index (χ3n) is 5.51. The van der Waals surface area contributed by atoms with Gasteiger partial charge in [-0.25, -0.2) is 4.39 Å². The molecule has 2 aliphatic heterocycles. The Bertz CT molecular complexity index is 870. The van der Waals surface area contributed by atoms with Crippen molar-refractivity contribution in [1.82, 2.24) is 4.90 Å². The number of likely N-dealkylation sites (tertiary alicyclic amines) is 1. The minimum atomic E-state index is -1.18. The molecule has 1 saturated heterocycles. The summed E-state index contributed by atoms with van der Waals surface area (Å²) in [6, 6.07) is 10.6. The van der Waals surface area contributed by atoms with Crippen LogP contribution in [-0.4, -0.2) is 36.1 Å². The van der Waals surface area contributed by atoms with Crippen molar-refractivity contribution in [2.75, 3.05) is 19.6 Å². The molecule has 0 spiro atoms. The molecule has 29 heavy (non-hydrogen) atoms. The number of piperidine rings is 1. The highest BCUT2D eigenvalue weighted by atomic mass is 35.5. The van der Waals surface area contributed by atoms with E-state index in [-0.39, 0.29) is 6.47 Å². The predicted molar refractivity (Wildman–Crippen MR) is 109 cm³/mol. The summed E-state index contributed by atoms with van der Waals surface area (Å²) in [5.41, 5.74) is 1.52. The number of ether oxygens (including phenoxy) is 2. The molecule has 2 aromatic carbocycles. The maximum atomic E-state index is 14.5. The molecule has 7 heteroatoms. The molecule has 1 atom stereocenters. The molecule has 156 valence electrons. The van der Waals surface area contributed by atoms with Crippen molar-refractivity contribution < 1.29 is 23.8 Å². The zero-order chi connectivity index (χ0) is 21.0. The van der Waals surface area contributed by atoms with E-state index in [1.165, 1.54) is 6.07 Å². The van der Waals surface area contributed by atoms with E-state index >= 15 is 0 Å². The molecule has 0 bridgehead atoms. The standard InChI is InChI=1S/C21H23ClFNO2.CH2O2/c1-3-24-11-9-14(10-12-24)16-5-4-6-19-20(16)26-21(2,25-19)17-8-7-15(22)13-18(17)23;2-1-3/h4-8,13-14H,3,9-12H2,1-2H3;1H,(H,2,3). The molecule has 0 radical (unpaired) electrons. The quantitative estimate of drug-likeness (QED) is 0.705. The van der Waals surface area contributed by atoms with Crippen LogP contribution in [0, 0.1) is 5.82 Å². The monoisotopic (exact) mass is 421 g/mol. The van der Waals surface area contributed by atoms with Gasteiger partial charge < -0.3 is 19.5 Å². The van der Waals surface area contributed by atoms with Crippen molar-refractivity contribution in [2.45, 2.75) is 38.4 Å². The molecule has 0 saturated carbocycles. The first-order valence-corrected chi connectivity index (χ1v) is 10.1. The molecular weight excluding hydrogens is 397 g/mol. The Balaban J connectivity index is 0.000000755. The molecule has 1 fully saturated rings. The lowest BCUT2D eigenvalue weighted by Crippen LogP contribution is -2.33. The topological polar surface area (TPSA) is 59.0 Å². The van der Waals surface area contributed by atoms with Crippen LogP contribution in [0.15, 0.2) is 36.4 Å². The molecule has 4 rings (SSSR count). The van der Waals surface area contributed by atoms with Crippen molar-refractivity contribution in [2.24, 2.45) is 0 Å². The van der Waals surface area contributed by atoms with Gasteiger partial charge in [0, 0.05) is 17.5 Å². The fraction of sp³-hybridized carbons (Fsp3) is 0.409. The van der Waals surface area contributed by atoms with Gasteiger partial charge in [0.1, 0.15) is 5.82 Å². The van der Waals surface area contributed by atoms with Gasteiger partial charge in [-0.1, -0.05) is 30.7 Å². The molecule has 2 aromatic rings. The summed E-state index contributed by atoms with van der Waals surface area (Å²) < 4.78 is 26.7. The predicted octanol–water partition coefficient (Wildman–Crippen LogP) is 5.02. The first-order valence-electron chi connectivity index (χ1n) is 9.68. The average Bonchev–Trinajstić information content (AvgIpc) is 3.05. The van der Waals surface area contributed by atoms with E-state index in [9.17, 15) is 4.39 Å². The van der Waals surface area contributed by atoms with Crippen LogP contribution in [-0.2, 0) is 10.6 Å². The van der Waals surface area contributed by atoms with E-state index in [4.69, 9.17) is 31.0 Å². The Morgan fingerprint density at radius 3 is 2.59 bits per heavy atom. The lowest BCUT2D eigenvalue weighted by atomic mass is 9.88. The van der Waals surface area contributed by atoms with Gasteiger partial charge in [0.2, 0.25) is 0 Å². The number of hydrogen-bond donors (Lipinski definition) is 1. The van der Waals surface area contributed by atoms with Crippen LogP contribution in [0.5, 0.6) is 11.5 Å². The number of fused-ring (bicyclic) bond motifs is 1. The van der Waals surface area contributed by atoms with E-state index in [1.807, 2.05) is 12.1 Å². The van der Waals surface area contributed by atoms with E-state index in [2.05, 4.69) is 17.9 Å². The largest absolute Gasteiger partial charge is 0.483 e. The summed E-state index contributed by atoms with van der Waals surface area (Å²) in [7, 11) is 0. The average molecular weight is 422 g/mol. The summed E-state index contributed by atoms with van der Waals surface area (Å²) in [5.74, 6) is 0.257. The smallest absolute Gasteiger partial charge is 0.290 e. The maximum absolute atomic E-state index is 14.5. The van der Waals surface area contributed by atoms with Gasteiger partial charge in [0.15, 0.2) is 11.5 Å². The number of hydrogen-bond acceptors (Lipinski definition) is 4. The number of halogens is 2. The Hall–Kier alpha value is -2.31. The van der Waals surface area contributed by atoms with Gasteiger partial charge in [-0.15, -0.1) is 0 Å². The van der Waals surface area contributed by atoms with Gasteiger partial charge in [-0.3, -0.25) is 4.79 Å². The normalized spacial score (nSPS) is 21.4. The van der Waals surface area contributed by atoms with Crippen LogP contribution >= 0.6 is 11.6 Å². The van der Waals surface area contributed by atoms with Crippen LogP contribution in [0.25, 0.3) is 0 Å². The molecular formula is C22H25ClFNO4. The fourth-order valence-electron chi connectivity index (χ4n) is 4.00. The summed E-state index contributed by atoms with van der Waals surface area (Å²) >= 11 is 5.88. The Morgan fingerprint density at radius 1 is 1.28 bits per heavy atom. The summed E-state index contributed by atoms with van der Waals surface area (Å²) in [6.07, 6.45) is 2.19. The molecule has 0 amide bonds. The maximum Gasteiger partial charge on any atom is 0.290 e. The van der Waals surface area contributed by atoms with Crippen LogP contribution in [0.3, 0.4) is 0 Å². The minimum Gasteiger partial charge on any atom is -0.483 e. The van der Waals surface area contributed by atoms with Crippen LogP contribution < -0.4 is 9.47 Å². The third kappa shape index (κ3) is 4.49. The van der Waals surface area contributed by atoms with Crippen LogP contribution in [0.4, 0.5) is 4.39 Å². The van der Waals surface area contributed by atoms with Crippen molar-refractivity contribution in [1.29, 1.82) is 0 Å². The first-order chi connectivity index (χ1) is 13.9. The van der Waals surface area contributed by atoms with Gasteiger partial charge in [0.05, 0.1) is 5.56 Å². The zero-order valence-corrected chi connectivity index (χ0v) is 17.3. The van der Waals surface area contributed by atoms with E-state index < -0.39 is 11.6 Å². The summed E-state index contributed by atoms with van der Waals surface area (Å²) in [6.45, 7) is 6.98. The van der Waals surface area contributed by atoms with E-state index in [0.29, 0.717) is 22.3 Å². The highest BCUT2D eigenvalue weighted by molar-refractivity contribution is 6.30. The molecule has 5 nitrogen and oxygen atoms in total. The Kier molecular flexibility index (Phi) is 6.65. The van der Waals surface area contributed by atoms with E-state index in [1.54, 1.807) is 19.1 Å².